The number of carbonyl (C=O) groups is 1. The summed E-state index contributed by atoms with van der Waals surface area (Å²) in [6.45, 7) is 5.33. The van der Waals surface area contributed by atoms with Crippen LogP contribution in [0.3, 0.4) is 0 Å². The van der Waals surface area contributed by atoms with Crippen LogP contribution in [0.5, 0.6) is 0 Å². The lowest BCUT2D eigenvalue weighted by atomic mass is 10.1. The van der Waals surface area contributed by atoms with Gasteiger partial charge in [-0.15, -0.1) is 0 Å². The molecule has 6 nitrogen and oxygen atoms in total. The van der Waals surface area contributed by atoms with Crippen molar-refractivity contribution in [2.75, 3.05) is 6.54 Å². The molecule has 1 aromatic carbocycles. The van der Waals surface area contributed by atoms with Crippen LogP contribution in [0.15, 0.2) is 18.2 Å². The van der Waals surface area contributed by atoms with E-state index in [0.29, 0.717) is 0 Å². The van der Waals surface area contributed by atoms with Gasteiger partial charge in [-0.05, 0) is 26.8 Å². The number of aliphatic hydroxyl groups excluding tert-OH is 1. The van der Waals surface area contributed by atoms with Gasteiger partial charge in [0.2, 0.25) is 0 Å². The third kappa shape index (κ3) is 4.18. The second kappa shape index (κ2) is 6.67. The molecule has 1 rings (SSSR count). The van der Waals surface area contributed by atoms with E-state index in [0.717, 1.165) is 0 Å². The summed E-state index contributed by atoms with van der Waals surface area (Å²) in [7, 11) is 0. The van der Waals surface area contributed by atoms with Gasteiger partial charge in [0.1, 0.15) is 0 Å². The molecule has 1 N–H and O–H groups in total. The predicted octanol–water partition coefficient (Wildman–Crippen LogP) is 2.48. The summed E-state index contributed by atoms with van der Waals surface area (Å²) >= 11 is 5.80. The third-order valence-corrected chi connectivity index (χ3v) is 2.90. The zero-order chi connectivity index (χ0) is 15.4. The van der Waals surface area contributed by atoms with Crippen LogP contribution >= 0.6 is 11.6 Å². The van der Waals surface area contributed by atoms with Gasteiger partial charge >= 0.3 is 0 Å². The standard InChI is InChI=1S/C13H17ClN2O4/c1-8(2)15(7-9(3)17)13(18)10-4-11(14)6-12(5-10)16(19)20/h4-6,8-9,17H,7H2,1-3H3. The number of nitrogens with zero attached hydrogens (tertiary/aromatic N) is 2. The monoisotopic (exact) mass is 300 g/mol. The molecule has 20 heavy (non-hydrogen) atoms. The Morgan fingerprint density at radius 3 is 2.45 bits per heavy atom. The molecule has 0 saturated carbocycles. The first-order chi connectivity index (χ1) is 9.22. The Morgan fingerprint density at radius 1 is 1.40 bits per heavy atom. The zero-order valence-electron chi connectivity index (χ0n) is 11.5. The molecule has 0 bridgehead atoms. The van der Waals surface area contributed by atoms with Crippen LogP contribution in [-0.2, 0) is 0 Å². The molecular weight excluding hydrogens is 284 g/mol. The van der Waals surface area contributed by atoms with E-state index in [1.807, 2.05) is 0 Å². The summed E-state index contributed by atoms with van der Waals surface area (Å²) in [5.41, 5.74) is -0.0971. The normalized spacial score (nSPS) is 12.3. The number of benzene rings is 1. The third-order valence-electron chi connectivity index (χ3n) is 2.69. The maximum Gasteiger partial charge on any atom is 0.271 e. The van der Waals surface area contributed by atoms with Crippen LogP contribution < -0.4 is 0 Å². The van der Waals surface area contributed by atoms with Gasteiger partial charge < -0.3 is 10.0 Å². The minimum atomic E-state index is -0.685. The topological polar surface area (TPSA) is 83.7 Å². The summed E-state index contributed by atoms with van der Waals surface area (Å²) in [5, 5.41) is 20.4. The van der Waals surface area contributed by atoms with E-state index in [-0.39, 0.29) is 28.9 Å². The van der Waals surface area contributed by atoms with E-state index in [2.05, 4.69) is 0 Å². The van der Waals surface area contributed by atoms with Crippen molar-refractivity contribution in [2.45, 2.75) is 32.9 Å². The molecule has 1 aromatic rings. The first kappa shape index (κ1) is 16.4. The van der Waals surface area contributed by atoms with Crippen molar-refractivity contribution in [3.05, 3.63) is 38.9 Å². The smallest absolute Gasteiger partial charge is 0.271 e. The molecule has 1 unspecified atom stereocenters. The molecular formula is C13H17ClN2O4. The van der Waals surface area contributed by atoms with Crippen LogP contribution in [0.2, 0.25) is 5.02 Å². The van der Waals surface area contributed by atoms with Gasteiger partial charge in [0, 0.05) is 35.3 Å². The Hall–Kier alpha value is -1.66. The van der Waals surface area contributed by atoms with E-state index < -0.39 is 16.9 Å². The fourth-order valence-corrected chi connectivity index (χ4v) is 2.01. The number of nitro groups is 1. The number of aliphatic hydroxyl groups is 1. The lowest BCUT2D eigenvalue weighted by Crippen LogP contribution is -2.41. The van der Waals surface area contributed by atoms with Crippen LogP contribution in [0.1, 0.15) is 31.1 Å². The number of hydrogen-bond donors (Lipinski definition) is 1. The number of hydrogen-bond acceptors (Lipinski definition) is 4. The summed E-state index contributed by atoms with van der Waals surface area (Å²) in [6, 6.07) is 3.61. The van der Waals surface area contributed by atoms with E-state index in [9.17, 15) is 20.0 Å². The van der Waals surface area contributed by atoms with Gasteiger partial charge in [-0.1, -0.05) is 11.6 Å². The summed E-state index contributed by atoms with van der Waals surface area (Å²) < 4.78 is 0. The van der Waals surface area contributed by atoms with Crippen LogP contribution in [0, 0.1) is 10.1 Å². The van der Waals surface area contributed by atoms with Gasteiger partial charge in [-0.2, -0.15) is 0 Å². The first-order valence-electron chi connectivity index (χ1n) is 6.16. The number of rotatable bonds is 5. The molecule has 0 aromatic heterocycles. The molecule has 110 valence electrons. The molecule has 7 heteroatoms. The number of halogens is 1. The van der Waals surface area contributed by atoms with Crippen molar-refractivity contribution >= 4 is 23.2 Å². The van der Waals surface area contributed by atoms with Crippen molar-refractivity contribution in [1.29, 1.82) is 0 Å². The fraction of sp³-hybridized carbons (Fsp3) is 0.462. The Balaban J connectivity index is 3.14. The summed E-state index contributed by atoms with van der Waals surface area (Å²) in [5.74, 6) is -0.397. The first-order valence-corrected chi connectivity index (χ1v) is 6.54. The van der Waals surface area contributed by atoms with Crippen molar-refractivity contribution in [3.8, 4) is 0 Å². The highest BCUT2D eigenvalue weighted by atomic mass is 35.5. The Bertz CT molecular complexity index is 517. The molecule has 1 amide bonds. The fourth-order valence-electron chi connectivity index (χ4n) is 1.78. The number of carbonyl (C=O) groups excluding carboxylic acids is 1. The average Bonchev–Trinajstić information content (AvgIpc) is 2.33. The Labute approximate surface area is 122 Å². The predicted molar refractivity (Wildman–Crippen MR) is 76.0 cm³/mol. The molecule has 0 fully saturated rings. The number of amides is 1. The second-order valence-electron chi connectivity index (χ2n) is 4.86. The van der Waals surface area contributed by atoms with Crippen LogP contribution in [-0.4, -0.2) is 39.5 Å². The largest absolute Gasteiger partial charge is 0.392 e. The van der Waals surface area contributed by atoms with E-state index >= 15 is 0 Å². The van der Waals surface area contributed by atoms with Gasteiger partial charge in [0.25, 0.3) is 11.6 Å². The number of non-ortho nitro benzene ring substituents is 1. The van der Waals surface area contributed by atoms with Crippen LogP contribution in [0.4, 0.5) is 5.69 Å². The van der Waals surface area contributed by atoms with Gasteiger partial charge in [-0.3, -0.25) is 14.9 Å². The van der Waals surface area contributed by atoms with Crippen molar-refractivity contribution in [2.24, 2.45) is 0 Å². The summed E-state index contributed by atoms with van der Waals surface area (Å²) in [6.07, 6.45) is -0.685. The zero-order valence-corrected chi connectivity index (χ0v) is 12.3. The molecule has 0 aliphatic carbocycles. The molecule has 0 spiro atoms. The Morgan fingerprint density at radius 2 is 2.00 bits per heavy atom. The number of nitro benzene ring substituents is 1. The van der Waals surface area contributed by atoms with E-state index in [1.165, 1.54) is 23.1 Å². The molecule has 1 atom stereocenters. The highest BCUT2D eigenvalue weighted by Crippen LogP contribution is 2.22. The molecule has 0 aliphatic rings. The molecule has 0 saturated heterocycles. The molecule has 0 radical (unpaired) electrons. The van der Waals surface area contributed by atoms with Gasteiger partial charge in [0.05, 0.1) is 11.0 Å². The Kier molecular flexibility index (Phi) is 5.47. The maximum atomic E-state index is 12.4. The van der Waals surface area contributed by atoms with E-state index in [1.54, 1.807) is 20.8 Å². The molecule has 0 aliphatic heterocycles. The van der Waals surface area contributed by atoms with Crippen molar-refractivity contribution in [1.82, 2.24) is 4.90 Å². The summed E-state index contributed by atoms with van der Waals surface area (Å²) in [4.78, 5) is 24.0. The lowest BCUT2D eigenvalue weighted by molar-refractivity contribution is -0.384. The minimum Gasteiger partial charge on any atom is -0.392 e. The van der Waals surface area contributed by atoms with Gasteiger partial charge in [0.15, 0.2) is 0 Å². The van der Waals surface area contributed by atoms with Crippen LogP contribution in [0.25, 0.3) is 0 Å². The van der Waals surface area contributed by atoms with Crippen molar-refractivity contribution in [3.63, 3.8) is 0 Å². The highest BCUT2D eigenvalue weighted by Gasteiger charge is 2.22. The SMILES string of the molecule is CC(O)CN(C(=O)c1cc(Cl)cc([N+](=O)[O-])c1)C(C)C. The maximum absolute atomic E-state index is 12.4. The van der Waals surface area contributed by atoms with Crippen molar-refractivity contribution < 1.29 is 14.8 Å². The van der Waals surface area contributed by atoms with Gasteiger partial charge in [-0.25, -0.2) is 0 Å². The molecule has 0 heterocycles. The highest BCUT2D eigenvalue weighted by molar-refractivity contribution is 6.31. The minimum absolute atomic E-state index is 0.128. The second-order valence-corrected chi connectivity index (χ2v) is 5.29. The average molecular weight is 301 g/mol. The lowest BCUT2D eigenvalue weighted by Gasteiger charge is -2.28. The quantitative estimate of drug-likeness (QED) is 0.669. The van der Waals surface area contributed by atoms with E-state index in [4.69, 9.17) is 11.6 Å².